The normalized spacial score (nSPS) is 13.9. The SMILES string of the molecule is CCCNC(C)c1ccc(S(=O)(=O)N(C)C(C)C)cc1. The maximum atomic E-state index is 12.3. The molecule has 1 rings (SSSR count). The van der Waals surface area contributed by atoms with Crippen LogP contribution in [0.5, 0.6) is 0 Å². The lowest BCUT2D eigenvalue weighted by Crippen LogP contribution is -2.33. The summed E-state index contributed by atoms with van der Waals surface area (Å²) in [5, 5.41) is 3.39. The van der Waals surface area contributed by atoms with Crippen molar-refractivity contribution in [3.8, 4) is 0 Å². The molecule has 4 nitrogen and oxygen atoms in total. The summed E-state index contributed by atoms with van der Waals surface area (Å²) in [7, 11) is -1.77. The van der Waals surface area contributed by atoms with E-state index in [2.05, 4.69) is 19.2 Å². The van der Waals surface area contributed by atoms with E-state index in [9.17, 15) is 8.42 Å². The van der Waals surface area contributed by atoms with Gasteiger partial charge in [0, 0.05) is 19.1 Å². The largest absolute Gasteiger partial charge is 0.310 e. The summed E-state index contributed by atoms with van der Waals surface area (Å²) < 4.78 is 26.1. The van der Waals surface area contributed by atoms with Crippen molar-refractivity contribution >= 4 is 10.0 Å². The number of nitrogens with one attached hydrogen (secondary N) is 1. The predicted molar refractivity (Wildman–Crippen MR) is 83.2 cm³/mol. The second-order valence-corrected chi connectivity index (χ2v) is 7.36. The number of rotatable bonds is 7. The van der Waals surface area contributed by atoms with Gasteiger partial charge in [0.15, 0.2) is 0 Å². The summed E-state index contributed by atoms with van der Waals surface area (Å²) in [6.07, 6.45) is 1.08. The molecule has 1 unspecified atom stereocenters. The molecule has 0 saturated carbocycles. The van der Waals surface area contributed by atoms with E-state index in [1.165, 1.54) is 4.31 Å². The molecule has 0 heterocycles. The number of benzene rings is 1. The Balaban J connectivity index is 2.91. The highest BCUT2D eigenvalue weighted by molar-refractivity contribution is 7.89. The van der Waals surface area contributed by atoms with Gasteiger partial charge in [0.2, 0.25) is 10.0 Å². The molecule has 0 aliphatic rings. The van der Waals surface area contributed by atoms with E-state index in [1.807, 2.05) is 26.0 Å². The summed E-state index contributed by atoms with van der Waals surface area (Å²) >= 11 is 0. The van der Waals surface area contributed by atoms with Crippen molar-refractivity contribution in [1.82, 2.24) is 9.62 Å². The molecule has 0 aliphatic carbocycles. The van der Waals surface area contributed by atoms with Gasteiger partial charge in [-0.25, -0.2) is 8.42 Å². The lowest BCUT2D eigenvalue weighted by Gasteiger charge is -2.21. The van der Waals surface area contributed by atoms with E-state index in [-0.39, 0.29) is 12.1 Å². The molecule has 1 aromatic carbocycles. The summed E-state index contributed by atoms with van der Waals surface area (Å²) in [6.45, 7) is 8.89. The zero-order valence-electron chi connectivity index (χ0n) is 13.1. The van der Waals surface area contributed by atoms with Crippen molar-refractivity contribution in [2.75, 3.05) is 13.6 Å². The quantitative estimate of drug-likeness (QED) is 0.842. The van der Waals surface area contributed by atoms with Crippen LogP contribution < -0.4 is 5.32 Å². The zero-order valence-corrected chi connectivity index (χ0v) is 13.9. The average molecular weight is 298 g/mol. The van der Waals surface area contributed by atoms with Crippen LogP contribution in [-0.2, 0) is 10.0 Å². The van der Waals surface area contributed by atoms with Crippen molar-refractivity contribution in [1.29, 1.82) is 0 Å². The third-order valence-corrected chi connectivity index (χ3v) is 5.53. The molecule has 0 spiro atoms. The van der Waals surface area contributed by atoms with Gasteiger partial charge in [-0.3, -0.25) is 0 Å². The Labute approximate surface area is 123 Å². The zero-order chi connectivity index (χ0) is 15.3. The topological polar surface area (TPSA) is 49.4 Å². The number of sulfonamides is 1. The Morgan fingerprint density at radius 3 is 2.15 bits per heavy atom. The highest BCUT2D eigenvalue weighted by atomic mass is 32.2. The highest BCUT2D eigenvalue weighted by Crippen LogP contribution is 2.19. The first kappa shape index (κ1) is 17.1. The van der Waals surface area contributed by atoms with Gasteiger partial charge >= 0.3 is 0 Å². The smallest absolute Gasteiger partial charge is 0.243 e. The van der Waals surface area contributed by atoms with Gasteiger partial charge in [0.05, 0.1) is 4.90 Å². The first-order valence-electron chi connectivity index (χ1n) is 7.12. The Kier molecular flexibility index (Phi) is 6.17. The van der Waals surface area contributed by atoms with E-state index >= 15 is 0 Å². The Hall–Kier alpha value is -0.910. The molecule has 20 heavy (non-hydrogen) atoms. The van der Waals surface area contributed by atoms with Gasteiger partial charge < -0.3 is 5.32 Å². The van der Waals surface area contributed by atoms with Crippen LogP contribution in [0.4, 0.5) is 0 Å². The van der Waals surface area contributed by atoms with Crippen LogP contribution >= 0.6 is 0 Å². The third-order valence-electron chi connectivity index (χ3n) is 3.48. The Morgan fingerprint density at radius 1 is 1.15 bits per heavy atom. The van der Waals surface area contributed by atoms with Gasteiger partial charge in [-0.2, -0.15) is 4.31 Å². The molecule has 0 aromatic heterocycles. The molecule has 0 amide bonds. The van der Waals surface area contributed by atoms with Crippen molar-refractivity contribution in [2.24, 2.45) is 0 Å². The van der Waals surface area contributed by atoms with Crippen LogP contribution in [0.25, 0.3) is 0 Å². The molecule has 5 heteroatoms. The van der Waals surface area contributed by atoms with Crippen LogP contribution in [0, 0.1) is 0 Å². The monoisotopic (exact) mass is 298 g/mol. The van der Waals surface area contributed by atoms with Gasteiger partial charge in [-0.1, -0.05) is 19.1 Å². The van der Waals surface area contributed by atoms with Crippen molar-refractivity contribution in [3.05, 3.63) is 29.8 Å². The first-order chi connectivity index (χ1) is 9.30. The van der Waals surface area contributed by atoms with Gasteiger partial charge in [0.1, 0.15) is 0 Å². The van der Waals surface area contributed by atoms with Gasteiger partial charge in [0.25, 0.3) is 0 Å². The minimum absolute atomic E-state index is 0.0511. The Bertz CT molecular complexity index is 509. The first-order valence-corrected chi connectivity index (χ1v) is 8.56. The standard InChI is InChI=1S/C15H26N2O2S/c1-6-11-16-13(4)14-7-9-15(10-8-14)20(18,19)17(5)12(2)3/h7-10,12-13,16H,6,11H2,1-5H3. The van der Waals surface area contributed by atoms with Crippen LogP contribution in [0.15, 0.2) is 29.2 Å². The van der Waals surface area contributed by atoms with Crippen LogP contribution in [-0.4, -0.2) is 32.4 Å². The second-order valence-electron chi connectivity index (χ2n) is 5.36. The van der Waals surface area contributed by atoms with Crippen molar-refractivity contribution in [3.63, 3.8) is 0 Å². The van der Waals surface area contributed by atoms with Crippen molar-refractivity contribution in [2.45, 2.75) is 51.1 Å². The summed E-state index contributed by atoms with van der Waals surface area (Å²) in [5.74, 6) is 0. The van der Waals surface area contributed by atoms with Crippen LogP contribution in [0.2, 0.25) is 0 Å². The molecule has 0 fully saturated rings. The molecule has 114 valence electrons. The summed E-state index contributed by atoms with van der Waals surface area (Å²) in [4.78, 5) is 0.347. The molecular formula is C15H26N2O2S. The van der Waals surface area contributed by atoms with Crippen molar-refractivity contribution < 1.29 is 8.42 Å². The molecule has 1 aromatic rings. The minimum Gasteiger partial charge on any atom is -0.310 e. The van der Waals surface area contributed by atoms with E-state index in [0.29, 0.717) is 4.90 Å². The third kappa shape index (κ3) is 4.04. The highest BCUT2D eigenvalue weighted by Gasteiger charge is 2.22. The van der Waals surface area contributed by atoms with Crippen LogP contribution in [0.1, 0.15) is 45.7 Å². The van der Waals surface area contributed by atoms with Gasteiger partial charge in [-0.05, 0) is 51.4 Å². The molecule has 0 saturated heterocycles. The molecule has 0 radical (unpaired) electrons. The maximum absolute atomic E-state index is 12.3. The average Bonchev–Trinajstić information content (AvgIpc) is 2.43. The lowest BCUT2D eigenvalue weighted by molar-refractivity contribution is 0.410. The Morgan fingerprint density at radius 2 is 1.70 bits per heavy atom. The second kappa shape index (κ2) is 7.20. The molecular weight excluding hydrogens is 272 g/mol. The number of nitrogens with zero attached hydrogens (tertiary/aromatic N) is 1. The lowest BCUT2D eigenvalue weighted by atomic mass is 10.1. The molecule has 1 N–H and O–H groups in total. The molecule has 0 aliphatic heterocycles. The maximum Gasteiger partial charge on any atom is 0.243 e. The fourth-order valence-corrected chi connectivity index (χ4v) is 3.22. The molecule has 0 bridgehead atoms. The van der Waals surface area contributed by atoms with E-state index in [4.69, 9.17) is 0 Å². The van der Waals surface area contributed by atoms with E-state index < -0.39 is 10.0 Å². The van der Waals surface area contributed by atoms with Gasteiger partial charge in [-0.15, -0.1) is 0 Å². The predicted octanol–water partition coefficient (Wildman–Crippen LogP) is 2.78. The number of hydrogen-bond acceptors (Lipinski definition) is 3. The van der Waals surface area contributed by atoms with Crippen LogP contribution in [0.3, 0.4) is 0 Å². The van der Waals surface area contributed by atoms with E-state index in [0.717, 1.165) is 18.5 Å². The minimum atomic E-state index is -3.38. The van der Waals surface area contributed by atoms with E-state index in [1.54, 1.807) is 19.2 Å². The summed E-state index contributed by atoms with van der Waals surface area (Å²) in [6, 6.07) is 7.32. The summed E-state index contributed by atoms with van der Waals surface area (Å²) in [5.41, 5.74) is 1.10. The number of hydrogen-bond donors (Lipinski definition) is 1. The fourth-order valence-electron chi connectivity index (χ4n) is 1.85. The fraction of sp³-hybridized carbons (Fsp3) is 0.600. The molecule has 1 atom stereocenters.